The highest BCUT2D eigenvalue weighted by Crippen LogP contribution is 2.42. The van der Waals surface area contributed by atoms with Crippen molar-refractivity contribution in [2.24, 2.45) is 0 Å². The van der Waals surface area contributed by atoms with Crippen LogP contribution in [0.2, 0.25) is 0 Å². The lowest BCUT2D eigenvalue weighted by molar-refractivity contribution is 0.0970. The van der Waals surface area contributed by atoms with Gasteiger partial charge in [-0.15, -0.1) is 10.2 Å². The van der Waals surface area contributed by atoms with Crippen molar-refractivity contribution in [3.8, 4) is 5.75 Å². The summed E-state index contributed by atoms with van der Waals surface area (Å²) in [6, 6.07) is 10.2. The maximum atomic E-state index is 14.0. The van der Waals surface area contributed by atoms with E-state index >= 15 is 0 Å². The van der Waals surface area contributed by atoms with Gasteiger partial charge in [-0.25, -0.2) is 4.39 Å². The van der Waals surface area contributed by atoms with Crippen molar-refractivity contribution in [1.82, 2.24) is 10.2 Å². The van der Waals surface area contributed by atoms with Crippen LogP contribution < -0.4 is 15.1 Å². The highest BCUT2D eigenvalue weighted by molar-refractivity contribution is 7.15. The zero-order chi connectivity index (χ0) is 25.2. The third-order valence-corrected chi connectivity index (χ3v) is 7.13. The maximum absolute atomic E-state index is 14.0. The molecule has 1 atom stereocenters. The van der Waals surface area contributed by atoms with Gasteiger partial charge in [0.05, 0.1) is 23.6 Å². The van der Waals surface area contributed by atoms with Crippen LogP contribution in [0.5, 0.6) is 5.75 Å². The van der Waals surface area contributed by atoms with Crippen molar-refractivity contribution in [3.63, 3.8) is 0 Å². The molecule has 0 radical (unpaired) electrons. The van der Waals surface area contributed by atoms with Crippen molar-refractivity contribution in [2.45, 2.75) is 52.0 Å². The molecule has 1 unspecified atom stereocenters. The summed E-state index contributed by atoms with van der Waals surface area (Å²) in [6.45, 7) is 4.74. The Labute approximate surface area is 211 Å². The lowest BCUT2D eigenvalue weighted by atomic mass is 9.98. The highest BCUT2D eigenvalue weighted by Gasteiger charge is 2.45. The molecule has 7 nitrogen and oxygen atoms in total. The summed E-state index contributed by atoms with van der Waals surface area (Å²) in [5.74, 6) is -0.453. The first-order valence-corrected chi connectivity index (χ1v) is 13.0. The molecule has 1 aliphatic heterocycles. The fourth-order valence-electron chi connectivity index (χ4n) is 4.43. The minimum Gasteiger partial charge on any atom is -0.494 e. The van der Waals surface area contributed by atoms with Gasteiger partial charge in [0.2, 0.25) is 10.9 Å². The Hall–Kier alpha value is -3.59. The predicted molar refractivity (Wildman–Crippen MR) is 136 cm³/mol. The molecule has 3 heterocycles. The molecule has 5 rings (SSSR count). The number of hydrogen-bond acceptors (Lipinski definition) is 7. The van der Waals surface area contributed by atoms with Gasteiger partial charge in [0.25, 0.3) is 5.91 Å². The number of aryl methyl sites for hydroxylation is 1. The standard InChI is InChI=1S/C27H26FN3O4S/c1-3-5-6-13-34-18-10-7-9-16(14-18)23-22-24(32)19-15-17(28)11-12-20(19)35-25(22)26(33)31(23)27-30-29-21(36-27)8-4-2/h7,9-12,14-15,23H,3-6,8,13H2,1-2H3. The van der Waals surface area contributed by atoms with Gasteiger partial charge in [-0.2, -0.15) is 0 Å². The molecular weight excluding hydrogens is 481 g/mol. The van der Waals surface area contributed by atoms with Crippen molar-refractivity contribution in [2.75, 3.05) is 11.5 Å². The van der Waals surface area contributed by atoms with E-state index in [9.17, 15) is 14.0 Å². The number of carbonyl (C=O) groups is 1. The van der Waals surface area contributed by atoms with E-state index in [1.54, 1.807) is 0 Å². The average molecular weight is 508 g/mol. The summed E-state index contributed by atoms with van der Waals surface area (Å²) in [4.78, 5) is 28.8. The smallest absolute Gasteiger partial charge is 0.297 e. The molecule has 0 spiro atoms. The second-order valence-electron chi connectivity index (χ2n) is 8.75. The Balaban J connectivity index is 1.65. The topological polar surface area (TPSA) is 85.5 Å². The quantitative estimate of drug-likeness (QED) is 0.256. The molecule has 36 heavy (non-hydrogen) atoms. The molecule has 0 fully saturated rings. The molecule has 0 aliphatic carbocycles. The predicted octanol–water partition coefficient (Wildman–Crippen LogP) is 6.05. The summed E-state index contributed by atoms with van der Waals surface area (Å²) in [7, 11) is 0. The van der Waals surface area contributed by atoms with Crippen LogP contribution in [0.1, 0.15) is 72.3 Å². The van der Waals surface area contributed by atoms with Crippen LogP contribution in [0.4, 0.5) is 9.52 Å². The van der Waals surface area contributed by atoms with Gasteiger partial charge >= 0.3 is 0 Å². The molecular formula is C27H26FN3O4S. The Kier molecular flexibility index (Phi) is 6.82. The van der Waals surface area contributed by atoms with Crippen molar-refractivity contribution in [3.05, 3.63) is 80.4 Å². The van der Waals surface area contributed by atoms with Gasteiger partial charge in [-0.05, 0) is 48.7 Å². The minimum atomic E-state index is -0.807. The van der Waals surface area contributed by atoms with E-state index in [-0.39, 0.29) is 22.3 Å². The van der Waals surface area contributed by atoms with Gasteiger partial charge < -0.3 is 9.15 Å². The van der Waals surface area contributed by atoms with Crippen LogP contribution in [-0.2, 0) is 6.42 Å². The molecule has 0 saturated carbocycles. The molecule has 2 aromatic carbocycles. The van der Waals surface area contributed by atoms with Gasteiger partial charge in [-0.1, -0.05) is 50.2 Å². The minimum absolute atomic E-state index is 0.0642. The van der Waals surface area contributed by atoms with Crippen LogP contribution in [-0.4, -0.2) is 22.7 Å². The number of nitrogens with zero attached hydrogens (tertiary/aromatic N) is 3. The largest absolute Gasteiger partial charge is 0.494 e. The third-order valence-electron chi connectivity index (χ3n) is 6.15. The molecule has 4 aromatic rings. The number of anilines is 1. The summed E-state index contributed by atoms with van der Waals surface area (Å²) < 4.78 is 25.9. The van der Waals surface area contributed by atoms with E-state index in [1.165, 1.54) is 28.4 Å². The zero-order valence-electron chi connectivity index (χ0n) is 20.1. The lowest BCUT2D eigenvalue weighted by Gasteiger charge is -2.22. The normalized spacial score (nSPS) is 15.0. The second kappa shape index (κ2) is 10.2. The molecule has 9 heteroatoms. The molecule has 0 saturated heterocycles. The molecule has 186 valence electrons. The molecule has 0 N–H and O–H groups in total. The third kappa shape index (κ3) is 4.39. The van der Waals surface area contributed by atoms with E-state index < -0.39 is 23.2 Å². The van der Waals surface area contributed by atoms with E-state index in [1.807, 2.05) is 31.2 Å². The van der Waals surface area contributed by atoms with Gasteiger partial charge in [-0.3, -0.25) is 14.5 Å². The second-order valence-corrected chi connectivity index (χ2v) is 9.79. The number of unbranched alkanes of at least 4 members (excludes halogenated alkanes) is 2. The Bertz CT molecular complexity index is 1480. The first-order valence-electron chi connectivity index (χ1n) is 12.2. The van der Waals surface area contributed by atoms with Crippen LogP contribution in [0.15, 0.2) is 51.7 Å². The fraction of sp³-hybridized carbons (Fsp3) is 0.333. The number of carbonyl (C=O) groups excluding carboxylic acids is 1. The SMILES string of the molecule is CCCCCOc1cccc(C2c3c(oc4ccc(F)cc4c3=O)C(=O)N2c2nnc(CCC)s2)c1. The molecule has 2 aromatic heterocycles. The summed E-state index contributed by atoms with van der Waals surface area (Å²) in [5, 5.41) is 9.77. The number of halogens is 1. The summed E-state index contributed by atoms with van der Waals surface area (Å²) in [6.07, 6.45) is 4.72. The monoisotopic (exact) mass is 507 g/mol. The first kappa shape index (κ1) is 24.1. The number of fused-ring (bicyclic) bond motifs is 2. The summed E-state index contributed by atoms with van der Waals surface area (Å²) in [5.41, 5.74) is 0.545. The fourth-order valence-corrected chi connectivity index (χ4v) is 5.40. The van der Waals surface area contributed by atoms with Crippen molar-refractivity contribution in [1.29, 1.82) is 0 Å². The van der Waals surface area contributed by atoms with E-state index in [0.717, 1.165) is 43.2 Å². The Morgan fingerprint density at radius 3 is 2.75 bits per heavy atom. The Morgan fingerprint density at radius 2 is 1.94 bits per heavy atom. The number of ether oxygens (including phenoxy) is 1. The molecule has 1 amide bonds. The summed E-state index contributed by atoms with van der Waals surface area (Å²) >= 11 is 1.31. The van der Waals surface area contributed by atoms with Gasteiger partial charge in [0.1, 0.15) is 22.2 Å². The number of amides is 1. The van der Waals surface area contributed by atoms with Crippen LogP contribution in [0, 0.1) is 5.82 Å². The van der Waals surface area contributed by atoms with Crippen LogP contribution >= 0.6 is 11.3 Å². The van der Waals surface area contributed by atoms with Crippen molar-refractivity contribution < 1.29 is 18.3 Å². The average Bonchev–Trinajstić information content (AvgIpc) is 3.45. The zero-order valence-corrected chi connectivity index (χ0v) is 20.9. The van der Waals surface area contributed by atoms with Gasteiger partial charge in [0, 0.05) is 6.42 Å². The lowest BCUT2D eigenvalue weighted by Crippen LogP contribution is -2.29. The van der Waals surface area contributed by atoms with E-state index in [0.29, 0.717) is 23.1 Å². The first-order chi connectivity index (χ1) is 17.5. The number of rotatable bonds is 9. The van der Waals surface area contributed by atoms with Crippen LogP contribution in [0.3, 0.4) is 0 Å². The number of benzene rings is 2. The van der Waals surface area contributed by atoms with E-state index in [2.05, 4.69) is 17.1 Å². The van der Waals surface area contributed by atoms with E-state index in [4.69, 9.17) is 9.15 Å². The van der Waals surface area contributed by atoms with Gasteiger partial charge in [0.15, 0.2) is 5.43 Å². The highest BCUT2D eigenvalue weighted by atomic mass is 32.1. The Morgan fingerprint density at radius 1 is 1.08 bits per heavy atom. The number of aromatic nitrogens is 2. The maximum Gasteiger partial charge on any atom is 0.297 e. The molecule has 0 bridgehead atoms. The molecule has 1 aliphatic rings. The van der Waals surface area contributed by atoms with Crippen molar-refractivity contribution >= 4 is 33.3 Å². The van der Waals surface area contributed by atoms with Crippen LogP contribution in [0.25, 0.3) is 11.0 Å². The number of hydrogen-bond donors (Lipinski definition) is 0.